The molecule has 1 heterocycles. The Kier molecular flexibility index (Phi) is 5.68. The lowest BCUT2D eigenvalue weighted by atomic mass is 10.2. The van der Waals surface area contributed by atoms with Crippen LogP contribution in [0.4, 0.5) is 10.3 Å². The van der Waals surface area contributed by atoms with Gasteiger partial charge in [0.2, 0.25) is 5.95 Å². The Labute approximate surface area is 107 Å². The number of rotatable bonds is 6. The molecule has 0 aliphatic rings. The Balaban J connectivity index is 2.75. The highest BCUT2D eigenvalue weighted by molar-refractivity contribution is 7.99. The monoisotopic (exact) mass is 257 g/mol. The number of aromatic nitrogens is 2. The maximum Gasteiger partial charge on any atom is 0.223 e. The lowest BCUT2D eigenvalue weighted by Crippen LogP contribution is -2.09. The molecule has 5 heteroatoms. The zero-order valence-electron chi connectivity index (χ0n) is 10.8. The molecule has 1 aromatic heterocycles. The summed E-state index contributed by atoms with van der Waals surface area (Å²) in [7, 11) is 0. The summed E-state index contributed by atoms with van der Waals surface area (Å²) in [5.41, 5.74) is 0. The topological polar surface area (TPSA) is 37.8 Å². The number of hydrogen-bond donors (Lipinski definition) is 1. The molecule has 0 aliphatic heterocycles. The van der Waals surface area contributed by atoms with Gasteiger partial charge in [0.25, 0.3) is 0 Å². The van der Waals surface area contributed by atoms with E-state index in [4.69, 9.17) is 0 Å². The van der Waals surface area contributed by atoms with E-state index in [0.29, 0.717) is 22.1 Å². The molecule has 0 amide bonds. The molecule has 1 atom stereocenters. The summed E-state index contributed by atoms with van der Waals surface area (Å²) in [6.07, 6.45) is 2.23. The largest absolute Gasteiger partial charge is 0.354 e. The molecule has 0 spiro atoms. The lowest BCUT2D eigenvalue weighted by molar-refractivity contribution is 0.576. The molecule has 1 unspecified atom stereocenters. The number of nitrogens with one attached hydrogen (secondary N) is 1. The summed E-state index contributed by atoms with van der Waals surface area (Å²) in [6, 6.07) is 0. The number of nitrogens with zero attached hydrogens (tertiary/aromatic N) is 2. The van der Waals surface area contributed by atoms with E-state index >= 15 is 0 Å². The highest BCUT2D eigenvalue weighted by atomic mass is 32.2. The third-order valence-electron chi connectivity index (χ3n) is 2.48. The summed E-state index contributed by atoms with van der Waals surface area (Å²) in [4.78, 5) is 8.12. The van der Waals surface area contributed by atoms with Crippen molar-refractivity contribution in [3.63, 3.8) is 0 Å². The maximum absolute atomic E-state index is 13.5. The van der Waals surface area contributed by atoms with Crippen molar-refractivity contribution in [2.45, 2.75) is 44.4 Å². The second-order valence-corrected chi connectivity index (χ2v) is 5.71. The minimum absolute atomic E-state index is 0.332. The van der Waals surface area contributed by atoms with E-state index in [1.165, 1.54) is 18.0 Å². The molecule has 96 valence electrons. The Morgan fingerprint density at radius 2 is 2.12 bits per heavy atom. The van der Waals surface area contributed by atoms with Crippen LogP contribution in [-0.4, -0.2) is 21.8 Å². The predicted octanol–water partition coefficient (Wildman–Crippen LogP) is 3.57. The van der Waals surface area contributed by atoms with Crippen LogP contribution >= 0.6 is 11.8 Å². The number of thioether (sulfide) groups is 1. The van der Waals surface area contributed by atoms with Crippen LogP contribution in [0.3, 0.4) is 0 Å². The Bertz CT molecular complexity index is 358. The zero-order valence-corrected chi connectivity index (χ0v) is 11.6. The molecule has 0 bridgehead atoms. The number of anilines is 1. The van der Waals surface area contributed by atoms with Gasteiger partial charge >= 0.3 is 0 Å². The standard InChI is InChI=1S/C12H20FN3S/c1-5-6-14-12-15-7-10(13)11(16-12)17-9(4)8(2)3/h7-9H,5-6H2,1-4H3,(H,14,15,16). The van der Waals surface area contributed by atoms with Gasteiger partial charge in [-0.2, -0.15) is 0 Å². The molecular weight excluding hydrogens is 237 g/mol. The predicted molar refractivity (Wildman–Crippen MR) is 70.9 cm³/mol. The van der Waals surface area contributed by atoms with Crippen LogP contribution in [-0.2, 0) is 0 Å². The van der Waals surface area contributed by atoms with E-state index in [2.05, 4.69) is 43.0 Å². The SMILES string of the molecule is CCCNc1ncc(F)c(SC(C)C(C)C)n1. The smallest absolute Gasteiger partial charge is 0.223 e. The summed E-state index contributed by atoms with van der Waals surface area (Å²) >= 11 is 1.46. The van der Waals surface area contributed by atoms with Gasteiger partial charge in [0.1, 0.15) is 5.03 Å². The molecule has 1 aromatic rings. The molecule has 0 aromatic carbocycles. The Hall–Kier alpha value is -0.840. The maximum atomic E-state index is 13.5. The van der Waals surface area contributed by atoms with Gasteiger partial charge in [-0.05, 0) is 12.3 Å². The van der Waals surface area contributed by atoms with Gasteiger partial charge in [-0.15, -0.1) is 0 Å². The normalized spacial score (nSPS) is 12.8. The van der Waals surface area contributed by atoms with E-state index in [1.54, 1.807) is 0 Å². The van der Waals surface area contributed by atoms with Gasteiger partial charge < -0.3 is 5.32 Å². The first kappa shape index (κ1) is 14.2. The van der Waals surface area contributed by atoms with E-state index in [1.807, 2.05) is 0 Å². The van der Waals surface area contributed by atoms with Crippen LogP contribution in [0.2, 0.25) is 0 Å². The average molecular weight is 257 g/mol. The summed E-state index contributed by atoms with van der Waals surface area (Å²) in [6.45, 7) is 9.18. The van der Waals surface area contributed by atoms with Crippen LogP contribution < -0.4 is 5.32 Å². The molecular formula is C12H20FN3S. The van der Waals surface area contributed by atoms with E-state index in [9.17, 15) is 4.39 Å². The minimum Gasteiger partial charge on any atom is -0.354 e. The fourth-order valence-corrected chi connectivity index (χ4v) is 2.00. The Morgan fingerprint density at radius 1 is 1.41 bits per heavy atom. The van der Waals surface area contributed by atoms with Crippen molar-refractivity contribution in [1.82, 2.24) is 9.97 Å². The summed E-state index contributed by atoms with van der Waals surface area (Å²) in [5.74, 6) is 0.651. The second-order valence-electron chi connectivity index (χ2n) is 4.34. The number of hydrogen-bond acceptors (Lipinski definition) is 4. The molecule has 1 N–H and O–H groups in total. The zero-order chi connectivity index (χ0) is 12.8. The van der Waals surface area contributed by atoms with Gasteiger partial charge in [-0.1, -0.05) is 39.5 Å². The van der Waals surface area contributed by atoms with E-state index < -0.39 is 0 Å². The fourth-order valence-electron chi connectivity index (χ4n) is 1.07. The van der Waals surface area contributed by atoms with Crippen LogP contribution in [0, 0.1) is 11.7 Å². The van der Waals surface area contributed by atoms with Gasteiger partial charge in [0.05, 0.1) is 6.20 Å². The third-order valence-corrected chi connectivity index (χ3v) is 3.91. The van der Waals surface area contributed by atoms with Gasteiger partial charge in [0.15, 0.2) is 5.82 Å². The van der Waals surface area contributed by atoms with Gasteiger partial charge in [-0.25, -0.2) is 14.4 Å². The first-order valence-corrected chi connectivity index (χ1v) is 6.85. The molecule has 0 aliphatic carbocycles. The van der Waals surface area contributed by atoms with Crippen LogP contribution in [0.25, 0.3) is 0 Å². The van der Waals surface area contributed by atoms with Crippen molar-refractivity contribution < 1.29 is 4.39 Å². The fraction of sp³-hybridized carbons (Fsp3) is 0.667. The van der Waals surface area contributed by atoms with Crippen LogP contribution in [0.1, 0.15) is 34.1 Å². The van der Waals surface area contributed by atoms with Crippen molar-refractivity contribution in [3.05, 3.63) is 12.0 Å². The summed E-state index contributed by atoms with van der Waals surface area (Å²) in [5, 5.41) is 3.82. The second kappa shape index (κ2) is 6.79. The van der Waals surface area contributed by atoms with Gasteiger partial charge in [0, 0.05) is 11.8 Å². The molecule has 1 rings (SSSR count). The lowest BCUT2D eigenvalue weighted by Gasteiger charge is -2.15. The van der Waals surface area contributed by atoms with E-state index in [0.717, 1.165) is 13.0 Å². The highest BCUT2D eigenvalue weighted by Crippen LogP contribution is 2.28. The van der Waals surface area contributed by atoms with Crippen molar-refractivity contribution in [1.29, 1.82) is 0 Å². The highest BCUT2D eigenvalue weighted by Gasteiger charge is 2.14. The average Bonchev–Trinajstić information content (AvgIpc) is 2.29. The van der Waals surface area contributed by atoms with Crippen LogP contribution in [0.15, 0.2) is 11.2 Å². The molecule has 0 saturated carbocycles. The molecule has 3 nitrogen and oxygen atoms in total. The van der Waals surface area contributed by atoms with Crippen molar-refractivity contribution in [2.75, 3.05) is 11.9 Å². The third kappa shape index (κ3) is 4.50. The molecule has 0 saturated heterocycles. The molecule has 0 fully saturated rings. The Morgan fingerprint density at radius 3 is 2.71 bits per heavy atom. The summed E-state index contributed by atoms with van der Waals surface area (Å²) < 4.78 is 13.5. The van der Waals surface area contributed by atoms with Crippen LogP contribution in [0.5, 0.6) is 0 Å². The van der Waals surface area contributed by atoms with Crippen molar-refractivity contribution in [2.24, 2.45) is 5.92 Å². The first-order chi connectivity index (χ1) is 8.04. The van der Waals surface area contributed by atoms with Gasteiger partial charge in [-0.3, -0.25) is 0 Å². The van der Waals surface area contributed by atoms with Crippen molar-refractivity contribution in [3.8, 4) is 0 Å². The number of halogens is 1. The minimum atomic E-state index is -0.343. The van der Waals surface area contributed by atoms with E-state index in [-0.39, 0.29) is 5.82 Å². The molecule has 0 radical (unpaired) electrons. The first-order valence-electron chi connectivity index (χ1n) is 5.97. The quantitative estimate of drug-likeness (QED) is 0.624. The van der Waals surface area contributed by atoms with Crippen molar-refractivity contribution >= 4 is 17.7 Å². The molecule has 17 heavy (non-hydrogen) atoms.